The lowest BCUT2D eigenvalue weighted by molar-refractivity contribution is -0.139. The first-order valence-corrected chi connectivity index (χ1v) is 6.36. The first kappa shape index (κ1) is 16.6. The highest BCUT2D eigenvalue weighted by molar-refractivity contribution is 5.92. The van der Waals surface area contributed by atoms with Crippen LogP contribution in [0.1, 0.15) is 37.8 Å². The van der Waals surface area contributed by atoms with Crippen LogP contribution >= 0.6 is 0 Å². The fraction of sp³-hybridized carbons (Fsp3) is 0.400. The summed E-state index contributed by atoms with van der Waals surface area (Å²) < 4.78 is 13.6. The van der Waals surface area contributed by atoms with Crippen LogP contribution in [-0.4, -0.2) is 17.0 Å². The highest BCUT2D eigenvalue weighted by Gasteiger charge is 2.25. The van der Waals surface area contributed by atoms with E-state index >= 15 is 0 Å². The third kappa shape index (κ3) is 4.88. The van der Waals surface area contributed by atoms with Crippen molar-refractivity contribution in [2.45, 2.75) is 33.6 Å². The quantitative estimate of drug-likeness (QED) is 0.873. The lowest BCUT2D eigenvalue weighted by Crippen LogP contribution is -2.25. The molecule has 0 aliphatic rings. The van der Waals surface area contributed by atoms with Crippen LogP contribution in [-0.2, 0) is 9.59 Å². The number of carboxylic acids is 1. The molecule has 6 heteroatoms. The van der Waals surface area contributed by atoms with Gasteiger partial charge in [-0.1, -0.05) is 13.8 Å². The molecule has 0 aliphatic heterocycles. The predicted octanol–water partition coefficient (Wildman–Crippen LogP) is 2.84. The Kier molecular flexibility index (Phi) is 5.03. The Bertz CT molecular complexity index is 618. The maximum Gasteiger partial charge on any atom is 0.303 e. The smallest absolute Gasteiger partial charge is 0.303 e. The molecule has 1 rings (SSSR count). The van der Waals surface area contributed by atoms with Gasteiger partial charge in [0.05, 0.1) is 18.1 Å². The Balaban J connectivity index is 2.87. The minimum absolute atomic E-state index is 0.0167. The van der Waals surface area contributed by atoms with Crippen molar-refractivity contribution in [3.63, 3.8) is 0 Å². The van der Waals surface area contributed by atoms with E-state index in [0.717, 1.165) is 6.07 Å². The molecule has 5 nitrogen and oxygen atoms in total. The van der Waals surface area contributed by atoms with Gasteiger partial charge >= 0.3 is 5.97 Å². The van der Waals surface area contributed by atoms with E-state index in [9.17, 15) is 14.0 Å². The molecule has 1 amide bonds. The summed E-state index contributed by atoms with van der Waals surface area (Å²) in [5, 5.41) is 20.1. The highest BCUT2D eigenvalue weighted by atomic mass is 19.1. The van der Waals surface area contributed by atoms with Crippen LogP contribution < -0.4 is 5.32 Å². The molecule has 112 valence electrons. The van der Waals surface area contributed by atoms with E-state index in [1.165, 1.54) is 13.0 Å². The van der Waals surface area contributed by atoms with Gasteiger partial charge < -0.3 is 10.4 Å². The number of carbonyl (C=O) groups excluding carboxylic acids is 1. The van der Waals surface area contributed by atoms with Crippen molar-refractivity contribution in [2.75, 3.05) is 5.32 Å². The number of hydrogen-bond acceptors (Lipinski definition) is 3. The minimum Gasteiger partial charge on any atom is -0.481 e. The average Bonchev–Trinajstić information content (AvgIpc) is 2.31. The largest absolute Gasteiger partial charge is 0.481 e. The van der Waals surface area contributed by atoms with E-state index in [1.807, 2.05) is 6.07 Å². The number of hydrogen-bond donors (Lipinski definition) is 2. The first-order valence-electron chi connectivity index (χ1n) is 6.36. The summed E-state index contributed by atoms with van der Waals surface area (Å²) in [5.74, 6) is -1.98. The third-order valence-electron chi connectivity index (χ3n) is 3.02. The number of nitrogens with one attached hydrogen (secondary N) is 1. The third-order valence-corrected chi connectivity index (χ3v) is 3.02. The van der Waals surface area contributed by atoms with Gasteiger partial charge in [-0.25, -0.2) is 4.39 Å². The molecule has 0 saturated heterocycles. The van der Waals surface area contributed by atoms with Crippen molar-refractivity contribution in [1.82, 2.24) is 0 Å². The van der Waals surface area contributed by atoms with Crippen molar-refractivity contribution in [1.29, 1.82) is 5.26 Å². The van der Waals surface area contributed by atoms with E-state index in [4.69, 9.17) is 10.4 Å². The summed E-state index contributed by atoms with van der Waals surface area (Å²) >= 11 is 0. The van der Waals surface area contributed by atoms with Gasteiger partial charge in [-0.05, 0) is 24.5 Å². The number of rotatable bonds is 5. The molecule has 0 atom stereocenters. The van der Waals surface area contributed by atoms with Gasteiger partial charge in [0.2, 0.25) is 5.91 Å². The van der Waals surface area contributed by atoms with E-state index in [-0.39, 0.29) is 29.7 Å². The van der Waals surface area contributed by atoms with Gasteiger partial charge in [-0.15, -0.1) is 0 Å². The van der Waals surface area contributed by atoms with E-state index in [0.29, 0.717) is 0 Å². The Morgan fingerprint density at radius 3 is 2.52 bits per heavy atom. The van der Waals surface area contributed by atoms with Crippen molar-refractivity contribution in [3.05, 3.63) is 29.1 Å². The SMILES string of the molecule is Cc1c(F)cc(C#N)cc1NC(=O)CC(C)(C)CC(=O)O. The zero-order chi connectivity index (χ0) is 16.2. The maximum atomic E-state index is 13.6. The van der Waals surface area contributed by atoms with Crippen molar-refractivity contribution >= 4 is 17.6 Å². The molecule has 1 aromatic rings. The topological polar surface area (TPSA) is 90.2 Å². The second-order valence-corrected chi connectivity index (χ2v) is 5.70. The number of carboxylic acid groups (broad SMARTS) is 1. The van der Waals surface area contributed by atoms with Crippen LogP contribution in [0.25, 0.3) is 0 Å². The lowest BCUT2D eigenvalue weighted by atomic mass is 9.85. The zero-order valence-corrected chi connectivity index (χ0v) is 12.2. The van der Waals surface area contributed by atoms with Gasteiger partial charge in [0.25, 0.3) is 0 Å². The number of nitriles is 1. The van der Waals surface area contributed by atoms with Crippen molar-refractivity contribution in [3.8, 4) is 6.07 Å². The second-order valence-electron chi connectivity index (χ2n) is 5.70. The van der Waals surface area contributed by atoms with Gasteiger partial charge in [-0.3, -0.25) is 9.59 Å². The molecule has 0 aliphatic carbocycles. The van der Waals surface area contributed by atoms with Gasteiger partial charge in [0.1, 0.15) is 5.82 Å². The second kappa shape index (κ2) is 6.35. The summed E-state index contributed by atoms with van der Waals surface area (Å²) in [6, 6.07) is 4.30. The molecule has 0 saturated carbocycles. The Morgan fingerprint density at radius 2 is 2.00 bits per heavy atom. The first-order chi connectivity index (χ1) is 9.64. The molecule has 2 N–H and O–H groups in total. The fourth-order valence-corrected chi connectivity index (χ4v) is 1.97. The van der Waals surface area contributed by atoms with Crippen LogP contribution in [0.3, 0.4) is 0 Å². The molecule has 1 aromatic carbocycles. The average molecular weight is 292 g/mol. The summed E-state index contributed by atoms with van der Waals surface area (Å²) in [6.07, 6.45) is -0.164. The minimum atomic E-state index is -0.985. The predicted molar refractivity (Wildman–Crippen MR) is 75.1 cm³/mol. The van der Waals surface area contributed by atoms with Gasteiger partial charge in [0, 0.05) is 17.7 Å². The maximum absolute atomic E-state index is 13.6. The number of carbonyl (C=O) groups is 2. The number of anilines is 1. The number of nitrogens with zero attached hydrogens (tertiary/aromatic N) is 1. The number of benzene rings is 1. The van der Waals surface area contributed by atoms with Crippen LogP contribution in [0.4, 0.5) is 10.1 Å². The molecule has 0 heterocycles. The molecule has 0 spiro atoms. The van der Waals surface area contributed by atoms with Gasteiger partial charge in [-0.2, -0.15) is 5.26 Å². The normalized spacial score (nSPS) is 10.8. The standard InChI is InChI=1S/C15H17FN2O3/c1-9-11(16)4-10(8-17)5-12(9)18-13(19)6-15(2,3)7-14(20)21/h4-5H,6-7H2,1-3H3,(H,18,19)(H,20,21). The Hall–Kier alpha value is -2.42. The molecular weight excluding hydrogens is 275 g/mol. The monoisotopic (exact) mass is 292 g/mol. The van der Waals surface area contributed by atoms with Crippen molar-refractivity contribution in [2.24, 2.45) is 5.41 Å². The van der Waals surface area contributed by atoms with Crippen LogP contribution in [0.2, 0.25) is 0 Å². The molecule has 0 fully saturated rings. The van der Waals surface area contributed by atoms with E-state index in [1.54, 1.807) is 13.8 Å². The molecular formula is C15H17FN2O3. The zero-order valence-electron chi connectivity index (χ0n) is 12.2. The lowest BCUT2D eigenvalue weighted by Gasteiger charge is -2.21. The molecule has 0 aromatic heterocycles. The van der Waals surface area contributed by atoms with Gasteiger partial charge in [0.15, 0.2) is 0 Å². The summed E-state index contributed by atoms with van der Waals surface area (Å²) in [6.45, 7) is 4.83. The van der Waals surface area contributed by atoms with Crippen LogP contribution in [0, 0.1) is 29.5 Å². The molecule has 21 heavy (non-hydrogen) atoms. The summed E-state index contributed by atoms with van der Waals surface area (Å²) in [7, 11) is 0. The molecule has 0 unspecified atom stereocenters. The van der Waals surface area contributed by atoms with Crippen molar-refractivity contribution < 1.29 is 19.1 Å². The summed E-state index contributed by atoms with van der Waals surface area (Å²) in [4.78, 5) is 22.7. The van der Waals surface area contributed by atoms with Crippen LogP contribution in [0.15, 0.2) is 12.1 Å². The number of aliphatic carboxylic acids is 1. The summed E-state index contributed by atoms with van der Waals surface area (Å²) in [5.41, 5.74) is -0.144. The van der Waals surface area contributed by atoms with Crippen LogP contribution in [0.5, 0.6) is 0 Å². The number of halogens is 1. The molecule has 0 bridgehead atoms. The fourth-order valence-electron chi connectivity index (χ4n) is 1.97. The van der Waals surface area contributed by atoms with E-state index < -0.39 is 23.1 Å². The Labute approximate surface area is 122 Å². The number of amides is 1. The molecule has 0 radical (unpaired) electrons. The highest BCUT2D eigenvalue weighted by Crippen LogP contribution is 2.27. The van der Waals surface area contributed by atoms with E-state index in [2.05, 4.69) is 5.32 Å². The Morgan fingerprint density at radius 1 is 1.38 bits per heavy atom.